The number of urea groups is 1. The highest BCUT2D eigenvalue weighted by Gasteiger charge is 2.46. The van der Waals surface area contributed by atoms with E-state index in [0.717, 1.165) is 17.7 Å². The van der Waals surface area contributed by atoms with E-state index in [9.17, 15) is 24.0 Å². The van der Waals surface area contributed by atoms with Crippen LogP contribution in [-0.4, -0.2) is 53.8 Å². The third kappa shape index (κ3) is 4.27. The van der Waals surface area contributed by atoms with Crippen molar-refractivity contribution in [1.29, 1.82) is 0 Å². The number of amides is 5. The number of nitrogens with zero attached hydrogens (tertiary/aromatic N) is 1. The number of allylic oxidation sites excluding steroid dienone is 2. The molecular formula is C17H21N3O6. The van der Waals surface area contributed by atoms with Crippen LogP contribution in [0.15, 0.2) is 12.2 Å². The van der Waals surface area contributed by atoms with Crippen molar-refractivity contribution in [2.45, 2.75) is 38.1 Å². The lowest BCUT2D eigenvalue weighted by molar-refractivity contribution is -0.149. The molecule has 140 valence electrons. The zero-order valence-electron chi connectivity index (χ0n) is 14.2. The maximum absolute atomic E-state index is 12.3. The molecule has 0 aromatic carbocycles. The number of esters is 1. The monoisotopic (exact) mass is 363 g/mol. The zero-order chi connectivity index (χ0) is 18.7. The highest BCUT2D eigenvalue weighted by Crippen LogP contribution is 2.34. The summed E-state index contributed by atoms with van der Waals surface area (Å²) in [6.45, 7) is -0.652. The molecule has 2 fully saturated rings. The second-order valence-corrected chi connectivity index (χ2v) is 6.69. The molecule has 0 unspecified atom stereocenters. The van der Waals surface area contributed by atoms with Crippen molar-refractivity contribution in [1.82, 2.24) is 15.5 Å². The molecule has 0 aromatic rings. The van der Waals surface area contributed by atoms with E-state index in [1.54, 1.807) is 0 Å². The predicted octanol–water partition coefficient (Wildman–Crippen LogP) is -0.141. The van der Waals surface area contributed by atoms with Crippen molar-refractivity contribution >= 4 is 29.7 Å². The number of hydrogen-bond acceptors (Lipinski definition) is 6. The Labute approximate surface area is 150 Å². The van der Waals surface area contributed by atoms with Crippen LogP contribution in [-0.2, 0) is 23.9 Å². The molecule has 0 spiro atoms. The van der Waals surface area contributed by atoms with Gasteiger partial charge in [-0.2, -0.15) is 0 Å². The third-order valence-electron chi connectivity index (χ3n) is 4.67. The summed E-state index contributed by atoms with van der Waals surface area (Å²) in [7, 11) is 0. The van der Waals surface area contributed by atoms with Crippen LogP contribution in [0, 0.1) is 11.8 Å². The predicted molar refractivity (Wildman–Crippen MR) is 87.3 cm³/mol. The van der Waals surface area contributed by atoms with E-state index < -0.39 is 24.5 Å². The molecule has 2 aliphatic carbocycles. The Morgan fingerprint density at radius 2 is 1.69 bits per heavy atom. The van der Waals surface area contributed by atoms with Crippen molar-refractivity contribution in [2.24, 2.45) is 11.8 Å². The topological polar surface area (TPSA) is 122 Å². The molecule has 2 atom stereocenters. The summed E-state index contributed by atoms with van der Waals surface area (Å²) < 4.78 is 4.78. The molecule has 1 saturated carbocycles. The van der Waals surface area contributed by atoms with Gasteiger partial charge in [0.1, 0.15) is 0 Å². The minimum Gasteiger partial charge on any atom is -0.456 e. The van der Waals surface area contributed by atoms with Crippen molar-refractivity contribution in [3.63, 3.8) is 0 Å². The first kappa shape index (κ1) is 18.1. The summed E-state index contributed by atoms with van der Waals surface area (Å²) in [5.74, 6) is -2.63. The number of nitrogens with one attached hydrogen (secondary N) is 2. The molecule has 9 heteroatoms. The summed E-state index contributed by atoms with van der Waals surface area (Å²) in [5, 5.41) is 4.63. The Bertz CT molecular complexity index is 643. The first-order chi connectivity index (χ1) is 12.5. The average molecular weight is 363 g/mol. The lowest BCUT2D eigenvalue weighted by Gasteiger charge is -2.14. The summed E-state index contributed by atoms with van der Waals surface area (Å²) in [6.07, 6.45) is 6.46. The van der Waals surface area contributed by atoms with Gasteiger partial charge < -0.3 is 10.1 Å². The molecule has 2 N–H and O–H groups in total. The lowest BCUT2D eigenvalue weighted by Crippen LogP contribution is -2.42. The van der Waals surface area contributed by atoms with Crippen LogP contribution >= 0.6 is 0 Å². The molecule has 5 amide bonds. The fourth-order valence-electron chi connectivity index (χ4n) is 3.12. The Hall–Kier alpha value is -2.71. The maximum atomic E-state index is 12.3. The number of imide groups is 2. The van der Waals surface area contributed by atoms with Crippen LogP contribution in [0.25, 0.3) is 0 Å². The SMILES string of the molecule is O=C(COC(=O)CCN1C(=O)[C@H]2CC=CC[C@@H]2C1=O)NC(=O)NC1CC1. The fourth-order valence-corrected chi connectivity index (χ4v) is 3.12. The number of hydrogen-bond donors (Lipinski definition) is 2. The summed E-state index contributed by atoms with van der Waals surface area (Å²) in [5.41, 5.74) is 0. The van der Waals surface area contributed by atoms with E-state index >= 15 is 0 Å². The van der Waals surface area contributed by atoms with Crippen molar-refractivity contribution in [2.75, 3.05) is 13.2 Å². The molecule has 0 radical (unpaired) electrons. The molecule has 9 nitrogen and oxygen atoms in total. The normalized spacial score (nSPS) is 24.2. The smallest absolute Gasteiger partial charge is 0.321 e. The lowest BCUT2D eigenvalue weighted by atomic mass is 9.85. The Balaban J connectivity index is 1.37. The van der Waals surface area contributed by atoms with Crippen LogP contribution in [0.4, 0.5) is 4.79 Å². The Morgan fingerprint density at radius 3 is 2.27 bits per heavy atom. The third-order valence-corrected chi connectivity index (χ3v) is 4.67. The van der Waals surface area contributed by atoms with E-state index in [-0.39, 0.29) is 42.7 Å². The van der Waals surface area contributed by atoms with Crippen molar-refractivity contribution < 1.29 is 28.7 Å². The first-order valence-corrected chi connectivity index (χ1v) is 8.72. The molecule has 3 aliphatic rings. The van der Waals surface area contributed by atoms with E-state index in [4.69, 9.17) is 4.74 Å². The van der Waals surface area contributed by atoms with Gasteiger partial charge in [0.05, 0.1) is 18.3 Å². The number of carbonyl (C=O) groups is 5. The molecule has 1 saturated heterocycles. The second-order valence-electron chi connectivity index (χ2n) is 6.69. The van der Waals surface area contributed by atoms with Crippen molar-refractivity contribution in [3.8, 4) is 0 Å². The first-order valence-electron chi connectivity index (χ1n) is 8.72. The van der Waals surface area contributed by atoms with Gasteiger partial charge in [0.15, 0.2) is 6.61 Å². The summed E-state index contributed by atoms with van der Waals surface area (Å²) in [4.78, 5) is 60.2. The van der Waals surface area contributed by atoms with E-state index in [1.807, 2.05) is 12.2 Å². The molecular weight excluding hydrogens is 342 g/mol. The number of ether oxygens (including phenoxy) is 1. The summed E-state index contributed by atoms with van der Waals surface area (Å²) >= 11 is 0. The van der Waals surface area contributed by atoms with Gasteiger partial charge >= 0.3 is 12.0 Å². The standard InChI is InChI=1S/C17H21N3O6/c21-13(19-17(25)18-10-5-6-10)9-26-14(22)7-8-20-15(23)11-3-1-2-4-12(11)16(20)24/h1-2,10-12H,3-9H2,(H2,18,19,21,25)/t11-,12-/m0/s1. The second kappa shape index (κ2) is 7.67. The molecule has 1 heterocycles. The van der Waals surface area contributed by atoms with Crippen LogP contribution in [0.1, 0.15) is 32.1 Å². The number of rotatable bonds is 6. The van der Waals surface area contributed by atoms with Crippen LogP contribution in [0.5, 0.6) is 0 Å². The van der Waals surface area contributed by atoms with Crippen LogP contribution < -0.4 is 10.6 Å². The highest BCUT2D eigenvalue weighted by molar-refractivity contribution is 6.05. The zero-order valence-corrected chi connectivity index (χ0v) is 14.2. The van der Waals surface area contributed by atoms with Crippen molar-refractivity contribution in [3.05, 3.63) is 12.2 Å². The average Bonchev–Trinajstić information content (AvgIpc) is 3.39. The van der Waals surface area contributed by atoms with Crippen LogP contribution in [0.2, 0.25) is 0 Å². The molecule has 3 rings (SSSR count). The Morgan fingerprint density at radius 1 is 1.08 bits per heavy atom. The number of likely N-dealkylation sites (tertiary alicyclic amines) is 1. The molecule has 0 bridgehead atoms. The summed E-state index contributed by atoms with van der Waals surface area (Å²) in [6, 6.07) is -0.502. The fraction of sp³-hybridized carbons (Fsp3) is 0.588. The van der Waals surface area contributed by atoms with Crippen LogP contribution in [0.3, 0.4) is 0 Å². The minimum absolute atomic E-state index is 0.0622. The van der Waals surface area contributed by atoms with Gasteiger partial charge in [0, 0.05) is 12.6 Å². The van der Waals surface area contributed by atoms with E-state index in [0.29, 0.717) is 12.8 Å². The Kier molecular flexibility index (Phi) is 5.34. The van der Waals surface area contributed by atoms with Gasteiger partial charge in [0.2, 0.25) is 11.8 Å². The molecule has 26 heavy (non-hydrogen) atoms. The molecule has 1 aliphatic heterocycles. The highest BCUT2D eigenvalue weighted by atomic mass is 16.5. The van der Waals surface area contributed by atoms with E-state index in [2.05, 4.69) is 10.6 Å². The minimum atomic E-state index is -0.734. The maximum Gasteiger partial charge on any atom is 0.321 e. The van der Waals surface area contributed by atoms with Gasteiger partial charge in [0.25, 0.3) is 5.91 Å². The quantitative estimate of drug-likeness (QED) is 0.385. The van der Waals surface area contributed by atoms with Gasteiger partial charge in [-0.3, -0.25) is 29.4 Å². The molecule has 0 aromatic heterocycles. The van der Waals surface area contributed by atoms with Gasteiger partial charge in [-0.25, -0.2) is 4.79 Å². The van der Waals surface area contributed by atoms with Gasteiger partial charge in [-0.1, -0.05) is 12.2 Å². The number of fused-ring (bicyclic) bond motifs is 1. The van der Waals surface area contributed by atoms with Gasteiger partial charge in [-0.05, 0) is 25.7 Å². The largest absolute Gasteiger partial charge is 0.456 e. The number of carbonyl (C=O) groups excluding carboxylic acids is 5. The van der Waals surface area contributed by atoms with E-state index in [1.165, 1.54) is 0 Å². The van der Waals surface area contributed by atoms with Gasteiger partial charge in [-0.15, -0.1) is 0 Å².